The van der Waals surface area contributed by atoms with Crippen LogP contribution < -0.4 is 0 Å². The van der Waals surface area contributed by atoms with Gasteiger partial charge in [-0.2, -0.15) is 0 Å². The first-order chi connectivity index (χ1) is 13.1. The van der Waals surface area contributed by atoms with Gasteiger partial charge in [0.15, 0.2) is 0 Å². The topological polar surface area (TPSA) is 66.8 Å². The van der Waals surface area contributed by atoms with E-state index >= 15 is 0 Å². The Morgan fingerprint density at radius 2 is 1.67 bits per heavy atom. The quantitative estimate of drug-likeness (QED) is 0.859. The van der Waals surface area contributed by atoms with Crippen LogP contribution in [0.4, 0.5) is 4.79 Å². The van der Waals surface area contributed by atoms with Crippen molar-refractivity contribution in [3.05, 3.63) is 59.7 Å². The van der Waals surface area contributed by atoms with Crippen LogP contribution in [0.25, 0.3) is 11.1 Å². The van der Waals surface area contributed by atoms with Crippen molar-refractivity contribution in [3.63, 3.8) is 0 Å². The van der Waals surface area contributed by atoms with Crippen LogP contribution in [0.1, 0.15) is 42.7 Å². The third-order valence-electron chi connectivity index (χ3n) is 5.64. The Bertz CT molecular complexity index is 817. The standard InChI is InChI=1S/C22H23NO4/c24-21(25)12-11-15-6-5-13-23(15)22(26)27-14-20-18-9-3-1-7-16(18)17-8-2-4-10-19(17)20/h1-4,7-10,15,20H,5-6,11-14H2,(H,24,25)/t15-/m1/s1. The number of nitrogens with zero attached hydrogens (tertiary/aromatic N) is 1. The number of carbonyl (C=O) groups excluding carboxylic acids is 1. The molecule has 5 nitrogen and oxygen atoms in total. The zero-order valence-electron chi connectivity index (χ0n) is 15.1. The van der Waals surface area contributed by atoms with Gasteiger partial charge in [0, 0.05) is 24.9 Å². The van der Waals surface area contributed by atoms with Gasteiger partial charge >= 0.3 is 12.1 Å². The van der Waals surface area contributed by atoms with Crippen LogP contribution in [0.2, 0.25) is 0 Å². The minimum atomic E-state index is -0.825. The molecule has 1 amide bonds. The first-order valence-electron chi connectivity index (χ1n) is 9.48. The number of hydrogen-bond donors (Lipinski definition) is 1. The maximum atomic E-state index is 12.6. The number of aliphatic carboxylic acids is 1. The Hall–Kier alpha value is -2.82. The molecule has 0 spiro atoms. The predicted molar refractivity (Wildman–Crippen MR) is 102 cm³/mol. The van der Waals surface area contributed by atoms with E-state index in [1.165, 1.54) is 22.3 Å². The molecule has 1 aliphatic heterocycles. The van der Waals surface area contributed by atoms with E-state index in [4.69, 9.17) is 9.84 Å². The van der Waals surface area contributed by atoms with E-state index in [2.05, 4.69) is 24.3 Å². The highest BCUT2D eigenvalue weighted by molar-refractivity contribution is 5.79. The molecule has 1 saturated heterocycles. The molecule has 0 aromatic heterocycles. The molecular formula is C22H23NO4. The molecule has 1 N–H and O–H groups in total. The minimum absolute atomic E-state index is 0.0308. The van der Waals surface area contributed by atoms with Crippen molar-refractivity contribution >= 4 is 12.1 Å². The Balaban J connectivity index is 1.46. The fourth-order valence-electron chi connectivity index (χ4n) is 4.34. The first-order valence-corrected chi connectivity index (χ1v) is 9.48. The molecule has 1 fully saturated rings. The molecule has 2 aromatic rings. The van der Waals surface area contributed by atoms with Gasteiger partial charge < -0.3 is 14.7 Å². The fourth-order valence-corrected chi connectivity index (χ4v) is 4.34. The third kappa shape index (κ3) is 3.42. The lowest BCUT2D eigenvalue weighted by Gasteiger charge is -2.24. The second-order valence-electron chi connectivity index (χ2n) is 7.23. The molecule has 2 aromatic carbocycles. The number of carboxylic acid groups (broad SMARTS) is 1. The van der Waals surface area contributed by atoms with Gasteiger partial charge in [-0.25, -0.2) is 4.79 Å². The van der Waals surface area contributed by atoms with Gasteiger partial charge in [0.1, 0.15) is 6.61 Å². The summed E-state index contributed by atoms with van der Waals surface area (Å²) in [5.41, 5.74) is 4.79. The number of ether oxygens (including phenoxy) is 1. The largest absolute Gasteiger partial charge is 0.481 e. The van der Waals surface area contributed by atoms with Gasteiger partial charge in [-0.1, -0.05) is 48.5 Å². The molecule has 0 unspecified atom stereocenters. The number of fused-ring (bicyclic) bond motifs is 3. The Kier molecular flexibility index (Phi) is 4.84. The Morgan fingerprint density at radius 1 is 1.04 bits per heavy atom. The summed E-state index contributed by atoms with van der Waals surface area (Å²) in [5.74, 6) is -0.782. The van der Waals surface area contributed by atoms with Crippen LogP contribution in [-0.4, -0.2) is 41.3 Å². The number of benzene rings is 2. The molecule has 4 rings (SSSR count). The van der Waals surface area contributed by atoms with Crippen LogP contribution in [0.5, 0.6) is 0 Å². The number of rotatable bonds is 5. The van der Waals surface area contributed by atoms with Crippen LogP contribution in [0.3, 0.4) is 0 Å². The van der Waals surface area contributed by atoms with Gasteiger partial charge in [-0.15, -0.1) is 0 Å². The van der Waals surface area contributed by atoms with E-state index in [-0.39, 0.29) is 24.5 Å². The SMILES string of the molecule is O=C(O)CC[C@H]1CCCN1C(=O)OCC1c2ccccc2-c2ccccc21. The fraction of sp³-hybridized carbons (Fsp3) is 0.364. The molecule has 0 radical (unpaired) electrons. The summed E-state index contributed by atoms with van der Waals surface area (Å²) >= 11 is 0. The summed E-state index contributed by atoms with van der Waals surface area (Å²) in [4.78, 5) is 25.2. The first kappa shape index (κ1) is 17.6. The normalized spacial score (nSPS) is 18.2. The maximum absolute atomic E-state index is 12.6. The van der Waals surface area contributed by atoms with Gasteiger partial charge in [-0.05, 0) is 41.5 Å². The average molecular weight is 365 g/mol. The Morgan fingerprint density at radius 3 is 2.30 bits per heavy atom. The zero-order chi connectivity index (χ0) is 18.8. The molecule has 1 heterocycles. The highest BCUT2D eigenvalue weighted by Gasteiger charge is 2.33. The van der Waals surface area contributed by atoms with Gasteiger partial charge in [-0.3, -0.25) is 4.79 Å². The van der Waals surface area contributed by atoms with Crippen molar-refractivity contribution in [2.45, 2.75) is 37.6 Å². The van der Waals surface area contributed by atoms with Crippen molar-refractivity contribution in [3.8, 4) is 11.1 Å². The summed E-state index contributed by atoms with van der Waals surface area (Å²) in [7, 11) is 0. The van der Waals surface area contributed by atoms with Crippen LogP contribution >= 0.6 is 0 Å². The highest BCUT2D eigenvalue weighted by atomic mass is 16.6. The monoisotopic (exact) mass is 365 g/mol. The predicted octanol–water partition coefficient (Wildman–Crippen LogP) is 4.26. The van der Waals surface area contributed by atoms with Crippen molar-refractivity contribution in [1.82, 2.24) is 4.90 Å². The highest BCUT2D eigenvalue weighted by Crippen LogP contribution is 2.44. The molecule has 2 aliphatic rings. The van der Waals surface area contributed by atoms with Crippen LogP contribution in [0.15, 0.2) is 48.5 Å². The smallest absolute Gasteiger partial charge is 0.410 e. The summed E-state index contributed by atoms with van der Waals surface area (Å²) in [5, 5.41) is 8.90. The molecule has 140 valence electrons. The maximum Gasteiger partial charge on any atom is 0.410 e. The molecule has 27 heavy (non-hydrogen) atoms. The number of amides is 1. The summed E-state index contributed by atoms with van der Waals surface area (Å²) in [6.45, 7) is 0.940. The van der Waals surface area contributed by atoms with Crippen molar-refractivity contribution in [1.29, 1.82) is 0 Å². The van der Waals surface area contributed by atoms with Gasteiger partial charge in [0.05, 0.1) is 0 Å². The number of carbonyl (C=O) groups is 2. The van der Waals surface area contributed by atoms with Crippen molar-refractivity contribution < 1.29 is 19.4 Å². The molecular weight excluding hydrogens is 342 g/mol. The average Bonchev–Trinajstić information content (AvgIpc) is 3.27. The van der Waals surface area contributed by atoms with E-state index in [1.54, 1.807) is 4.90 Å². The summed E-state index contributed by atoms with van der Waals surface area (Å²) in [6.07, 6.45) is 1.98. The second kappa shape index (κ2) is 7.43. The van der Waals surface area contributed by atoms with E-state index < -0.39 is 5.97 Å². The molecule has 5 heteroatoms. The lowest BCUT2D eigenvalue weighted by Crippen LogP contribution is -2.36. The van der Waals surface area contributed by atoms with Crippen molar-refractivity contribution in [2.24, 2.45) is 0 Å². The number of hydrogen-bond acceptors (Lipinski definition) is 3. The second-order valence-corrected chi connectivity index (χ2v) is 7.23. The molecule has 0 bridgehead atoms. The van der Waals surface area contributed by atoms with Crippen molar-refractivity contribution in [2.75, 3.05) is 13.2 Å². The van der Waals surface area contributed by atoms with E-state index in [1.807, 2.05) is 24.3 Å². The van der Waals surface area contributed by atoms with E-state index in [0.29, 0.717) is 19.6 Å². The van der Waals surface area contributed by atoms with Crippen LogP contribution in [0, 0.1) is 0 Å². The van der Waals surface area contributed by atoms with Gasteiger partial charge in [0.25, 0.3) is 0 Å². The zero-order valence-corrected chi connectivity index (χ0v) is 15.1. The molecule has 1 aliphatic carbocycles. The van der Waals surface area contributed by atoms with Gasteiger partial charge in [0.2, 0.25) is 0 Å². The Labute approximate surface area is 158 Å². The van der Waals surface area contributed by atoms with E-state index in [0.717, 1.165) is 12.8 Å². The van der Waals surface area contributed by atoms with E-state index in [9.17, 15) is 9.59 Å². The lowest BCUT2D eigenvalue weighted by molar-refractivity contribution is -0.137. The van der Waals surface area contributed by atoms with Crippen LogP contribution in [-0.2, 0) is 9.53 Å². The summed E-state index contributed by atoms with van der Waals surface area (Å²) in [6, 6.07) is 16.5. The summed E-state index contributed by atoms with van der Waals surface area (Å²) < 4.78 is 5.70. The minimum Gasteiger partial charge on any atom is -0.481 e. The number of likely N-dealkylation sites (tertiary alicyclic amines) is 1. The third-order valence-corrected chi connectivity index (χ3v) is 5.64. The number of carboxylic acids is 1. The lowest BCUT2D eigenvalue weighted by atomic mass is 9.98. The molecule has 1 atom stereocenters. The molecule has 0 saturated carbocycles.